The van der Waals surface area contributed by atoms with E-state index in [1.165, 1.54) is 5.56 Å². The molecule has 2 heterocycles. The van der Waals surface area contributed by atoms with Gasteiger partial charge in [0, 0.05) is 26.1 Å². The minimum absolute atomic E-state index is 0. The number of rotatable bonds is 2. The van der Waals surface area contributed by atoms with Crippen LogP contribution in [0.2, 0.25) is 0 Å². The molecule has 0 aliphatic carbocycles. The quantitative estimate of drug-likeness (QED) is 0.925. The highest BCUT2D eigenvalue weighted by atomic mass is 35.5. The van der Waals surface area contributed by atoms with Gasteiger partial charge >= 0.3 is 0 Å². The lowest BCUT2D eigenvalue weighted by atomic mass is 10.1. The van der Waals surface area contributed by atoms with Crippen LogP contribution in [0, 0.1) is 0 Å². The van der Waals surface area contributed by atoms with E-state index in [-0.39, 0.29) is 24.8 Å². The number of fused-ring (bicyclic) bond motifs is 1. The SMILES string of the molecule is Cl.Cl.Nc1cnc2c(n1)CN(Cc1ccccc1)CC2. The summed E-state index contributed by atoms with van der Waals surface area (Å²) in [6.45, 7) is 2.82. The van der Waals surface area contributed by atoms with Gasteiger partial charge in [-0.1, -0.05) is 30.3 Å². The van der Waals surface area contributed by atoms with Gasteiger partial charge in [0.15, 0.2) is 0 Å². The summed E-state index contributed by atoms with van der Waals surface area (Å²) in [5.74, 6) is 0.510. The number of anilines is 1. The van der Waals surface area contributed by atoms with Crippen LogP contribution in [0.4, 0.5) is 5.82 Å². The Morgan fingerprint density at radius 1 is 1.10 bits per heavy atom. The van der Waals surface area contributed by atoms with Gasteiger partial charge in [0.05, 0.1) is 17.6 Å². The summed E-state index contributed by atoms with van der Waals surface area (Å²) in [4.78, 5) is 11.1. The molecule has 2 aromatic rings. The molecule has 20 heavy (non-hydrogen) atoms. The fourth-order valence-corrected chi connectivity index (χ4v) is 2.33. The second kappa shape index (κ2) is 7.43. The van der Waals surface area contributed by atoms with Crippen molar-refractivity contribution in [1.29, 1.82) is 0 Å². The van der Waals surface area contributed by atoms with E-state index in [9.17, 15) is 0 Å². The van der Waals surface area contributed by atoms with E-state index >= 15 is 0 Å². The highest BCUT2D eigenvalue weighted by molar-refractivity contribution is 5.85. The summed E-state index contributed by atoms with van der Waals surface area (Å²) >= 11 is 0. The first-order valence-electron chi connectivity index (χ1n) is 6.18. The zero-order valence-corrected chi connectivity index (χ0v) is 12.7. The molecule has 0 unspecified atom stereocenters. The van der Waals surface area contributed by atoms with Crippen molar-refractivity contribution in [2.45, 2.75) is 19.5 Å². The van der Waals surface area contributed by atoms with Crippen molar-refractivity contribution in [3.05, 3.63) is 53.5 Å². The number of hydrogen-bond acceptors (Lipinski definition) is 4. The van der Waals surface area contributed by atoms with Crippen molar-refractivity contribution in [3.8, 4) is 0 Å². The highest BCUT2D eigenvalue weighted by Crippen LogP contribution is 2.17. The van der Waals surface area contributed by atoms with Gasteiger partial charge in [0.1, 0.15) is 5.82 Å². The third-order valence-electron chi connectivity index (χ3n) is 3.24. The number of aromatic nitrogens is 2. The Bertz CT molecular complexity index is 548. The summed E-state index contributed by atoms with van der Waals surface area (Å²) in [5, 5.41) is 0. The first kappa shape index (κ1) is 16.7. The normalized spacial score (nSPS) is 13.8. The van der Waals surface area contributed by atoms with E-state index in [4.69, 9.17) is 5.73 Å². The maximum atomic E-state index is 5.69. The van der Waals surface area contributed by atoms with Crippen molar-refractivity contribution < 1.29 is 0 Å². The van der Waals surface area contributed by atoms with Gasteiger partial charge in [-0.25, -0.2) is 4.98 Å². The molecule has 1 aliphatic heterocycles. The molecule has 0 bridgehead atoms. The summed E-state index contributed by atoms with van der Waals surface area (Å²) in [5.41, 5.74) is 9.14. The molecule has 1 aromatic heterocycles. The molecular formula is C14H18Cl2N4. The van der Waals surface area contributed by atoms with Crippen LogP contribution in [-0.4, -0.2) is 21.4 Å². The highest BCUT2D eigenvalue weighted by Gasteiger charge is 2.18. The van der Waals surface area contributed by atoms with Crippen LogP contribution < -0.4 is 5.73 Å². The molecule has 4 nitrogen and oxygen atoms in total. The van der Waals surface area contributed by atoms with Gasteiger partial charge in [0.25, 0.3) is 0 Å². The molecule has 3 rings (SSSR count). The van der Waals surface area contributed by atoms with Gasteiger partial charge in [-0.2, -0.15) is 0 Å². The standard InChI is InChI=1S/C14H16N4.2ClH/c15-14-8-16-12-6-7-18(10-13(12)17-14)9-11-4-2-1-3-5-11;;/h1-5,8H,6-7,9-10H2,(H2,15,17);2*1H. The summed E-state index contributed by atoms with van der Waals surface area (Å²) in [6.07, 6.45) is 2.60. The maximum Gasteiger partial charge on any atom is 0.142 e. The third kappa shape index (κ3) is 3.82. The molecule has 6 heteroatoms. The Morgan fingerprint density at radius 2 is 1.85 bits per heavy atom. The average Bonchev–Trinajstić information content (AvgIpc) is 2.39. The Morgan fingerprint density at radius 3 is 2.60 bits per heavy atom. The van der Waals surface area contributed by atoms with E-state index in [1.54, 1.807) is 6.20 Å². The lowest BCUT2D eigenvalue weighted by Gasteiger charge is -2.27. The molecule has 108 valence electrons. The fraction of sp³-hybridized carbons (Fsp3) is 0.286. The van der Waals surface area contributed by atoms with Gasteiger partial charge in [-0.05, 0) is 5.56 Å². The minimum Gasteiger partial charge on any atom is -0.382 e. The number of hydrogen-bond donors (Lipinski definition) is 1. The summed E-state index contributed by atoms with van der Waals surface area (Å²) < 4.78 is 0. The van der Waals surface area contributed by atoms with Crippen molar-refractivity contribution >= 4 is 30.6 Å². The van der Waals surface area contributed by atoms with Crippen molar-refractivity contribution in [2.24, 2.45) is 0 Å². The molecule has 2 N–H and O–H groups in total. The Labute approximate surface area is 131 Å². The van der Waals surface area contributed by atoms with Crippen LogP contribution in [0.3, 0.4) is 0 Å². The molecule has 1 aliphatic rings. The summed E-state index contributed by atoms with van der Waals surface area (Å²) in [6, 6.07) is 10.5. The lowest BCUT2D eigenvalue weighted by Crippen LogP contribution is -2.31. The number of nitrogens with two attached hydrogens (primary N) is 1. The van der Waals surface area contributed by atoms with Gasteiger partial charge in [-0.3, -0.25) is 9.88 Å². The molecular weight excluding hydrogens is 295 g/mol. The van der Waals surface area contributed by atoms with Crippen LogP contribution in [0.1, 0.15) is 17.0 Å². The number of nitrogen functional groups attached to an aromatic ring is 1. The van der Waals surface area contributed by atoms with Gasteiger partial charge < -0.3 is 5.73 Å². The predicted molar refractivity (Wildman–Crippen MR) is 85.2 cm³/mol. The van der Waals surface area contributed by atoms with E-state index < -0.39 is 0 Å². The van der Waals surface area contributed by atoms with Crippen LogP contribution in [0.5, 0.6) is 0 Å². The number of halogens is 2. The Hall–Kier alpha value is -1.36. The molecule has 1 aromatic carbocycles. The molecule has 0 amide bonds. The van der Waals surface area contributed by atoms with Crippen molar-refractivity contribution in [2.75, 3.05) is 12.3 Å². The zero-order chi connectivity index (χ0) is 12.4. The molecule has 0 saturated carbocycles. The van der Waals surface area contributed by atoms with Gasteiger partial charge in [-0.15, -0.1) is 24.8 Å². The molecule has 0 radical (unpaired) electrons. The molecule has 0 spiro atoms. The van der Waals surface area contributed by atoms with E-state index in [0.717, 1.165) is 37.4 Å². The summed E-state index contributed by atoms with van der Waals surface area (Å²) in [7, 11) is 0. The Kier molecular flexibility index (Phi) is 6.20. The van der Waals surface area contributed by atoms with Crippen LogP contribution >= 0.6 is 24.8 Å². The minimum atomic E-state index is 0. The number of nitrogens with zero attached hydrogens (tertiary/aromatic N) is 3. The molecule has 0 fully saturated rings. The van der Waals surface area contributed by atoms with E-state index in [1.807, 2.05) is 6.07 Å². The smallest absolute Gasteiger partial charge is 0.142 e. The molecule has 0 saturated heterocycles. The zero-order valence-electron chi connectivity index (χ0n) is 11.0. The maximum absolute atomic E-state index is 5.69. The lowest BCUT2D eigenvalue weighted by molar-refractivity contribution is 0.239. The largest absolute Gasteiger partial charge is 0.382 e. The van der Waals surface area contributed by atoms with Gasteiger partial charge in [0.2, 0.25) is 0 Å². The van der Waals surface area contributed by atoms with E-state index in [0.29, 0.717) is 5.82 Å². The molecule has 0 atom stereocenters. The first-order valence-corrected chi connectivity index (χ1v) is 6.18. The average molecular weight is 313 g/mol. The fourth-order valence-electron chi connectivity index (χ4n) is 2.33. The van der Waals surface area contributed by atoms with Crippen molar-refractivity contribution in [1.82, 2.24) is 14.9 Å². The van der Waals surface area contributed by atoms with Crippen molar-refractivity contribution in [3.63, 3.8) is 0 Å². The number of benzene rings is 1. The van der Waals surface area contributed by atoms with Crippen LogP contribution in [0.15, 0.2) is 36.5 Å². The van der Waals surface area contributed by atoms with E-state index in [2.05, 4.69) is 39.1 Å². The third-order valence-corrected chi connectivity index (χ3v) is 3.24. The second-order valence-electron chi connectivity index (χ2n) is 4.63. The monoisotopic (exact) mass is 312 g/mol. The topological polar surface area (TPSA) is 55.0 Å². The first-order chi connectivity index (χ1) is 8.81. The Balaban J connectivity index is 0.000001000. The second-order valence-corrected chi connectivity index (χ2v) is 4.63. The predicted octanol–water partition coefficient (Wildman–Crippen LogP) is 2.46. The van der Waals surface area contributed by atoms with Crippen LogP contribution in [0.25, 0.3) is 0 Å². The van der Waals surface area contributed by atoms with Crippen LogP contribution in [-0.2, 0) is 19.5 Å².